The maximum Gasteiger partial charge on any atom is 0.0350 e. The van der Waals surface area contributed by atoms with Crippen LogP contribution in [0.15, 0.2) is 24.3 Å². The van der Waals surface area contributed by atoms with E-state index in [0.717, 1.165) is 6.54 Å². The van der Waals surface area contributed by atoms with Crippen LogP contribution in [0.5, 0.6) is 0 Å². The van der Waals surface area contributed by atoms with Crippen molar-refractivity contribution in [2.75, 3.05) is 13.6 Å². The lowest BCUT2D eigenvalue weighted by molar-refractivity contribution is 0.249. The van der Waals surface area contributed by atoms with Crippen molar-refractivity contribution in [2.45, 2.75) is 23.8 Å². The highest BCUT2D eigenvalue weighted by Crippen LogP contribution is 2.25. The molecule has 1 nitrogen and oxygen atoms in total. The molecule has 0 heterocycles. The molecule has 13 heavy (non-hydrogen) atoms. The summed E-state index contributed by atoms with van der Waals surface area (Å²) in [4.78, 5) is 2.40. The Kier molecular flexibility index (Phi) is 4.46. The van der Waals surface area contributed by atoms with E-state index in [1.807, 2.05) is 0 Å². The number of nitrogens with zero attached hydrogens (tertiary/aromatic N) is 1. The zero-order valence-electron chi connectivity index (χ0n) is 8.57. The van der Waals surface area contributed by atoms with Crippen molar-refractivity contribution in [3.05, 3.63) is 24.3 Å². The van der Waals surface area contributed by atoms with Crippen LogP contribution in [-0.2, 0) is 0 Å². The number of halogens is 1. The van der Waals surface area contributed by atoms with Gasteiger partial charge in [-0.3, -0.25) is 4.90 Å². The monoisotopic (exact) mass is 291 g/mol. The summed E-state index contributed by atoms with van der Waals surface area (Å²) in [6.07, 6.45) is 8.96. The fourth-order valence-electron chi connectivity index (χ4n) is 1.69. The molecular weight excluding hydrogens is 273 g/mol. The normalized spacial score (nSPS) is 29.6. The van der Waals surface area contributed by atoms with Crippen LogP contribution in [-0.4, -0.2) is 28.5 Å². The summed E-state index contributed by atoms with van der Waals surface area (Å²) in [6, 6.07) is 0.585. The van der Waals surface area contributed by atoms with Gasteiger partial charge in [0.15, 0.2) is 0 Å². The molecule has 1 aliphatic carbocycles. The van der Waals surface area contributed by atoms with E-state index in [9.17, 15) is 0 Å². The predicted molar refractivity (Wildman–Crippen MR) is 67.3 cm³/mol. The van der Waals surface area contributed by atoms with Gasteiger partial charge in [0.1, 0.15) is 0 Å². The highest BCUT2D eigenvalue weighted by atomic mass is 127. The molecule has 3 atom stereocenters. The Morgan fingerprint density at radius 3 is 2.54 bits per heavy atom. The third-order valence-corrected chi connectivity index (χ3v) is 3.52. The van der Waals surface area contributed by atoms with Crippen molar-refractivity contribution in [1.29, 1.82) is 0 Å². The van der Waals surface area contributed by atoms with E-state index >= 15 is 0 Å². The van der Waals surface area contributed by atoms with Crippen molar-refractivity contribution in [3.8, 4) is 0 Å². The summed E-state index contributed by atoms with van der Waals surface area (Å²) in [6.45, 7) is 5.61. The summed E-state index contributed by atoms with van der Waals surface area (Å²) in [5.41, 5.74) is 0. The van der Waals surface area contributed by atoms with Crippen molar-refractivity contribution in [2.24, 2.45) is 5.92 Å². The Hall–Kier alpha value is 0.170. The number of alkyl halides is 1. The van der Waals surface area contributed by atoms with E-state index in [1.54, 1.807) is 0 Å². The predicted octanol–water partition coefficient (Wildman–Crippen LogP) is 2.87. The van der Waals surface area contributed by atoms with Gasteiger partial charge < -0.3 is 0 Å². The molecule has 0 saturated heterocycles. The second-order valence-electron chi connectivity index (χ2n) is 3.59. The minimum Gasteiger partial charge on any atom is -0.300 e. The van der Waals surface area contributed by atoms with Gasteiger partial charge in [0, 0.05) is 15.9 Å². The number of likely N-dealkylation sites (N-methyl/N-ethyl adjacent to an activating group) is 1. The molecule has 0 amide bonds. The summed E-state index contributed by atoms with van der Waals surface area (Å²) in [5.74, 6) is 0.663. The van der Waals surface area contributed by atoms with Crippen LogP contribution in [0.2, 0.25) is 0 Å². The molecule has 0 aromatic carbocycles. The molecule has 0 bridgehead atoms. The van der Waals surface area contributed by atoms with Gasteiger partial charge in [0.25, 0.3) is 0 Å². The van der Waals surface area contributed by atoms with Crippen molar-refractivity contribution in [3.63, 3.8) is 0 Å². The number of rotatable bonds is 3. The fourth-order valence-corrected chi connectivity index (χ4v) is 2.35. The summed E-state index contributed by atoms with van der Waals surface area (Å²) in [7, 11) is 2.19. The minimum absolute atomic E-state index is 0.585. The zero-order valence-corrected chi connectivity index (χ0v) is 10.7. The Morgan fingerprint density at radius 1 is 1.38 bits per heavy atom. The van der Waals surface area contributed by atoms with Crippen LogP contribution in [0.25, 0.3) is 0 Å². The number of allylic oxidation sites excluding steroid dienone is 2. The van der Waals surface area contributed by atoms with E-state index in [1.165, 1.54) is 0 Å². The first-order valence-corrected chi connectivity index (χ1v) is 6.10. The first-order valence-electron chi connectivity index (χ1n) is 4.86. The average molecular weight is 291 g/mol. The first kappa shape index (κ1) is 11.2. The Morgan fingerprint density at radius 2 is 2.00 bits per heavy atom. The van der Waals surface area contributed by atoms with Crippen molar-refractivity contribution >= 4 is 22.6 Å². The maximum absolute atomic E-state index is 2.51. The lowest BCUT2D eigenvalue weighted by Crippen LogP contribution is -2.39. The maximum atomic E-state index is 2.51. The molecule has 0 fully saturated rings. The molecule has 0 saturated carbocycles. The molecule has 0 N–H and O–H groups in total. The smallest absolute Gasteiger partial charge is 0.0350 e. The second kappa shape index (κ2) is 5.15. The average Bonchev–Trinajstić information content (AvgIpc) is 2.16. The third-order valence-electron chi connectivity index (χ3n) is 2.69. The zero-order chi connectivity index (χ0) is 9.84. The third kappa shape index (κ3) is 2.81. The molecule has 2 heteroatoms. The summed E-state index contributed by atoms with van der Waals surface area (Å²) < 4.78 is 0.692. The standard InChI is InChI=1S/C11H18IN/c1-4-13(3)11-8-6-5-7-10(11)9(2)12/h5-11H,4H2,1-3H3. The summed E-state index contributed by atoms with van der Waals surface area (Å²) in [5, 5.41) is 0. The van der Waals surface area contributed by atoms with Crippen LogP contribution in [0.4, 0.5) is 0 Å². The number of hydrogen-bond donors (Lipinski definition) is 0. The largest absolute Gasteiger partial charge is 0.300 e. The quantitative estimate of drug-likeness (QED) is 0.571. The summed E-state index contributed by atoms with van der Waals surface area (Å²) >= 11 is 2.51. The van der Waals surface area contributed by atoms with E-state index in [0.29, 0.717) is 15.9 Å². The van der Waals surface area contributed by atoms with Gasteiger partial charge in [-0.25, -0.2) is 0 Å². The highest BCUT2D eigenvalue weighted by molar-refractivity contribution is 14.1. The highest BCUT2D eigenvalue weighted by Gasteiger charge is 2.24. The Balaban J connectivity index is 2.70. The van der Waals surface area contributed by atoms with Crippen LogP contribution >= 0.6 is 22.6 Å². The first-order chi connectivity index (χ1) is 6.16. The molecule has 0 radical (unpaired) electrons. The van der Waals surface area contributed by atoms with Gasteiger partial charge in [0.2, 0.25) is 0 Å². The SMILES string of the molecule is CCN(C)C1C=CC=CC1C(C)I. The van der Waals surface area contributed by atoms with Crippen LogP contribution in [0.3, 0.4) is 0 Å². The van der Waals surface area contributed by atoms with Gasteiger partial charge in [0.05, 0.1) is 0 Å². The van der Waals surface area contributed by atoms with Gasteiger partial charge >= 0.3 is 0 Å². The molecule has 0 aromatic heterocycles. The van der Waals surface area contributed by atoms with Crippen LogP contribution in [0, 0.1) is 5.92 Å². The second-order valence-corrected chi connectivity index (χ2v) is 5.55. The minimum atomic E-state index is 0.585. The molecule has 0 spiro atoms. The topological polar surface area (TPSA) is 3.24 Å². The van der Waals surface area contributed by atoms with Crippen molar-refractivity contribution in [1.82, 2.24) is 4.90 Å². The Labute approximate surface area is 95.0 Å². The van der Waals surface area contributed by atoms with Gasteiger partial charge in [-0.1, -0.05) is 60.7 Å². The molecule has 0 aliphatic heterocycles. The van der Waals surface area contributed by atoms with Gasteiger partial charge in [-0.05, 0) is 13.6 Å². The van der Waals surface area contributed by atoms with Crippen LogP contribution < -0.4 is 0 Å². The van der Waals surface area contributed by atoms with Gasteiger partial charge in [-0.15, -0.1) is 0 Å². The van der Waals surface area contributed by atoms with Crippen LogP contribution in [0.1, 0.15) is 13.8 Å². The molecule has 1 aliphatic rings. The fraction of sp³-hybridized carbons (Fsp3) is 0.636. The van der Waals surface area contributed by atoms with Gasteiger partial charge in [-0.2, -0.15) is 0 Å². The molecule has 74 valence electrons. The Bertz CT molecular complexity index is 208. The molecule has 3 unspecified atom stereocenters. The molecule has 0 aromatic rings. The molecule has 1 rings (SSSR count). The van der Waals surface area contributed by atoms with E-state index in [4.69, 9.17) is 0 Å². The number of hydrogen-bond acceptors (Lipinski definition) is 1. The van der Waals surface area contributed by atoms with Crippen molar-refractivity contribution < 1.29 is 0 Å². The van der Waals surface area contributed by atoms with E-state index in [2.05, 4.69) is 72.7 Å². The van der Waals surface area contributed by atoms with E-state index in [-0.39, 0.29) is 0 Å². The molecular formula is C11H18IN. The van der Waals surface area contributed by atoms with E-state index < -0.39 is 0 Å². The lowest BCUT2D eigenvalue weighted by Gasteiger charge is -2.33. The lowest BCUT2D eigenvalue weighted by atomic mass is 9.92.